The molecule has 1 saturated carbocycles. The molecule has 8 heteroatoms. The Morgan fingerprint density at radius 3 is 2.65 bits per heavy atom. The summed E-state index contributed by atoms with van der Waals surface area (Å²) in [4.78, 5) is 11.5. The van der Waals surface area contributed by atoms with Gasteiger partial charge in [0.1, 0.15) is 17.8 Å². The van der Waals surface area contributed by atoms with E-state index in [-0.39, 0.29) is 31.3 Å². The summed E-state index contributed by atoms with van der Waals surface area (Å²) >= 11 is 0. The van der Waals surface area contributed by atoms with E-state index in [1.165, 1.54) is 6.07 Å². The lowest BCUT2D eigenvalue weighted by atomic mass is 9.94. The second-order valence-electron chi connectivity index (χ2n) is 10.0. The Kier molecular flexibility index (Phi) is 6.68. The lowest BCUT2D eigenvalue weighted by Crippen LogP contribution is -2.46. The summed E-state index contributed by atoms with van der Waals surface area (Å²) in [6, 6.07) is 7.72. The SMILES string of the molecule is Cc1ccc([C@@H](C)OCC(O)CNC(C)(C)Cc2ccc(F)c(F)c2)c2c1O[C@@H]1[C@@H](C(=O)O)[C@H]21. The molecule has 0 spiro atoms. The number of aryl methyl sites for hydroxylation is 1. The average molecular weight is 476 g/mol. The number of carboxylic acid groups (broad SMARTS) is 1. The maximum Gasteiger partial charge on any atom is 0.311 e. The van der Waals surface area contributed by atoms with Crippen molar-refractivity contribution in [1.29, 1.82) is 0 Å². The molecule has 1 aliphatic heterocycles. The first kappa shape index (κ1) is 24.6. The Morgan fingerprint density at radius 1 is 1.24 bits per heavy atom. The van der Waals surface area contributed by atoms with Gasteiger partial charge < -0.3 is 25.0 Å². The molecule has 0 amide bonds. The molecule has 34 heavy (non-hydrogen) atoms. The molecule has 2 aromatic carbocycles. The van der Waals surface area contributed by atoms with Gasteiger partial charge >= 0.3 is 5.97 Å². The number of ether oxygens (including phenoxy) is 2. The number of aliphatic carboxylic acids is 1. The molecule has 184 valence electrons. The predicted octanol–water partition coefficient (Wildman–Crippen LogP) is 3.88. The zero-order valence-corrected chi connectivity index (χ0v) is 19.8. The number of β-amino-alcohol motifs (C(OH)–C–C–N with tert-alkyl or cyclic N) is 1. The van der Waals surface area contributed by atoms with Crippen LogP contribution in [0.3, 0.4) is 0 Å². The van der Waals surface area contributed by atoms with Gasteiger partial charge in [-0.15, -0.1) is 0 Å². The van der Waals surface area contributed by atoms with Crippen molar-refractivity contribution in [1.82, 2.24) is 5.32 Å². The Morgan fingerprint density at radius 2 is 1.97 bits per heavy atom. The van der Waals surface area contributed by atoms with Gasteiger partial charge in [0.05, 0.1) is 18.8 Å². The van der Waals surface area contributed by atoms with Gasteiger partial charge in [0.25, 0.3) is 0 Å². The first-order valence-corrected chi connectivity index (χ1v) is 11.5. The average Bonchev–Trinajstić information content (AvgIpc) is 3.35. The molecule has 4 rings (SSSR count). The van der Waals surface area contributed by atoms with Crippen LogP contribution in [0.5, 0.6) is 5.75 Å². The highest BCUT2D eigenvalue weighted by Gasteiger charge is 2.64. The van der Waals surface area contributed by atoms with Crippen molar-refractivity contribution in [2.75, 3.05) is 13.2 Å². The summed E-state index contributed by atoms with van der Waals surface area (Å²) in [5, 5.41) is 23.1. The third-order valence-corrected chi connectivity index (χ3v) is 6.68. The molecule has 1 heterocycles. The fourth-order valence-corrected chi connectivity index (χ4v) is 4.80. The summed E-state index contributed by atoms with van der Waals surface area (Å²) in [7, 11) is 0. The summed E-state index contributed by atoms with van der Waals surface area (Å²) in [6.45, 7) is 7.99. The number of nitrogens with one attached hydrogen (secondary N) is 1. The van der Waals surface area contributed by atoms with E-state index in [2.05, 4.69) is 5.32 Å². The van der Waals surface area contributed by atoms with Gasteiger partial charge in [-0.25, -0.2) is 8.78 Å². The van der Waals surface area contributed by atoms with Crippen molar-refractivity contribution in [3.05, 3.63) is 64.2 Å². The van der Waals surface area contributed by atoms with Crippen molar-refractivity contribution in [3.63, 3.8) is 0 Å². The Labute approximate surface area is 197 Å². The molecule has 0 bridgehead atoms. The second kappa shape index (κ2) is 9.24. The number of benzene rings is 2. The van der Waals surface area contributed by atoms with Gasteiger partial charge in [-0.2, -0.15) is 0 Å². The summed E-state index contributed by atoms with van der Waals surface area (Å²) in [5.74, 6) is -2.53. The number of halogens is 2. The van der Waals surface area contributed by atoms with Crippen LogP contribution in [0.1, 0.15) is 55.0 Å². The molecule has 0 aromatic heterocycles. The fourth-order valence-electron chi connectivity index (χ4n) is 4.80. The van der Waals surface area contributed by atoms with Gasteiger partial charge in [-0.05, 0) is 62.9 Å². The number of hydrogen-bond acceptors (Lipinski definition) is 5. The second-order valence-corrected chi connectivity index (χ2v) is 10.0. The molecule has 0 radical (unpaired) electrons. The van der Waals surface area contributed by atoms with Crippen molar-refractivity contribution < 1.29 is 33.3 Å². The Balaban J connectivity index is 1.32. The highest BCUT2D eigenvalue weighted by molar-refractivity contribution is 5.79. The number of fused-ring (bicyclic) bond motifs is 3. The van der Waals surface area contributed by atoms with Crippen molar-refractivity contribution >= 4 is 5.97 Å². The lowest BCUT2D eigenvalue weighted by molar-refractivity contribution is -0.139. The molecule has 6 nitrogen and oxygen atoms in total. The van der Waals surface area contributed by atoms with E-state index in [1.807, 2.05) is 39.8 Å². The summed E-state index contributed by atoms with van der Waals surface area (Å²) in [6.07, 6.45) is -0.999. The molecule has 2 aliphatic rings. The van der Waals surface area contributed by atoms with E-state index in [4.69, 9.17) is 9.47 Å². The van der Waals surface area contributed by atoms with Crippen LogP contribution in [0.15, 0.2) is 30.3 Å². The van der Waals surface area contributed by atoms with E-state index in [0.717, 1.165) is 28.5 Å². The predicted molar refractivity (Wildman–Crippen MR) is 122 cm³/mol. The first-order valence-electron chi connectivity index (χ1n) is 11.5. The van der Waals surface area contributed by atoms with Crippen molar-refractivity contribution in [2.24, 2.45) is 5.92 Å². The van der Waals surface area contributed by atoms with E-state index < -0.39 is 35.2 Å². The maximum atomic E-state index is 13.5. The molecule has 1 aliphatic carbocycles. The van der Waals surface area contributed by atoms with Crippen LogP contribution >= 0.6 is 0 Å². The number of carbonyl (C=O) groups is 1. The van der Waals surface area contributed by atoms with Crippen LogP contribution in [0, 0.1) is 24.5 Å². The van der Waals surface area contributed by atoms with Gasteiger partial charge in [0, 0.05) is 23.6 Å². The minimum Gasteiger partial charge on any atom is -0.488 e. The topological polar surface area (TPSA) is 88.0 Å². The highest BCUT2D eigenvalue weighted by atomic mass is 19.2. The smallest absolute Gasteiger partial charge is 0.311 e. The lowest BCUT2D eigenvalue weighted by Gasteiger charge is -2.28. The molecule has 1 unspecified atom stereocenters. The Bertz CT molecular complexity index is 1090. The van der Waals surface area contributed by atoms with Gasteiger partial charge in [0.2, 0.25) is 0 Å². The monoisotopic (exact) mass is 475 g/mol. The number of aliphatic hydroxyl groups excluding tert-OH is 1. The summed E-state index contributed by atoms with van der Waals surface area (Å²) < 4.78 is 38.5. The molecule has 2 aromatic rings. The zero-order valence-electron chi connectivity index (χ0n) is 19.8. The van der Waals surface area contributed by atoms with Crippen LogP contribution in [-0.2, 0) is 16.0 Å². The zero-order chi connectivity index (χ0) is 24.8. The summed E-state index contributed by atoms with van der Waals surface area (Å²) in [5.41, 5.74) is 2.96. The third-order valence-electron chi connectivity index (χ3n) is 6.68. The van der Waals surface area contributed by atoms with Crippen LogP contribution in [0.2, 0.25) is 0 Å². The van der Waals surface area contributed by atoms with Crippen LogP contribution in [0.25, 0.3) is 0 Å². The quantitative estimate of drug-likeness (QED) is 0.483. The minimum atomic E-state index is -0.879. The number of rotatable bonds is 10. The molecule has 5 atom stereocenters. The van der Waals surface area contributed by atoms with Crippen molar-refractivity contribution in [3.8, 4) is 5.75 Å². The van der Waals surface area contributed by atoms with Crippen molar-refractivity contribution in [2.45, 2.75) is 63.9 Å². The maximum absolute atomic E-state index is 13.5. The third kappa shape index (κ3) is 4.94. The first-order chi connectivity index (χ1) is 16.0. The van der Waals surface area contributed by atoms with E-state index in [1.54, 1.807) is 6.07 Å². The molecular formula is C26H31F2NO5. The van der Waals surface area contributed by atoms with Gasteiger partial charge in [0.15, 0.2) is 11.6 Å². The van der Waals surface area contributed by atoms with Crippen LogP contribution < -0.4 is 10.1 Å². The number of aliphatic hydroxyl groups is 1. The molecule has 0 saturated heterocycles. The van der Waals surface area contributed by atoms with E-state index >= 15 is 0 Å². The standard InChI is InChI=1S/C26H31F2NO5/c1-13-5-7-17(20-21-22(25(31)32)24(21)34-23(13)20)14(2)33-12-16(30)11-29-26(3,4)10-15-6-8-18(27)19(28)9-15/h5-9,14,16,21-22,24,29-30H,10-12H2,1-4H3,(H,31,32)/t14-,16?,21+,22+,24+/m1/s1. The Hall–Kier alpha value is -2.55. The fraction of sp³-hybridized carbons (Fsp3) is 0.500. The van der Waals surface area contributed by atoms with Crippen LogP contribution in [0.4, 0.5) is 8.78 Å². The largest absolute Gasteiger partial charge is 0.488 e. The number of carboxylic acids is 1. The molecule has 3 N–H and O–H groups in total. The minimum absolute atomic E-state index is 0.0788. The molecule has 1 fully saturated rings. The molecular weight excluding hydrogens is 444 g/mol. The normalized spacial score (nSPS) is 22.5. The highest BCUT2D eigenvalue weighted by Crippen LogP contribution is 2.61. The van der Waals surface area contributed by atoms with Gasteiger partial charge in [-0.3, -0.25) is 4.79 Å². The van der Waals surface area contributed by atoms with E-state index in [9.17, 15) is 23.8 Å². The number of hydrogen-bond donors (Lipinski definition) is 3. The van der Waals surface area contributed by atoms with Crippen LogP contribution in [-0.4, -0.2) is 47.1 Å². The van der Waals surface area contributed by atoms with Gasteiger partial charge in [-0.1, -0.05) is 18.2 Å². The van der Waals surface area contributed by atoms with E-state index in [0.29, 0.717) is 12.0 Å².